The molecule has 0 unspecified atom stereocenters. The fraction of sp³-hybridized carbons (Fsp3) is 0.258. The Labute approximate surface area is 225 Å². The van der Waals surface area contributed by atoms with Crippen LogP contribution in [0.25, 0.3) is 6.08 Å². The molecule has 2 heterocycles. The molecule has 8 heteroatoms. The first-order valence-electron chi connectivity index (χ1n) is 12.6. The highest BCUT2D eigenvalue weighted by Gasteiger charge is 2.72. The van der Waals surface area contributed by atoms with Gasteiger partial charge in [0.2, 0.25) is 5.75 Å². The fourth-order valence-electron chi connectivity index (χ4n) is 6.66. The first kappa shape index (κ1) is 24.7. The van der Waals surface area contributed by atoms with Gasteiger partial charge in [0.15, 0.2) is 23.1 Å². The van der Waals surface area contributed by atoms with E-state index in [1.807, 2.05) is 41.3 Å². The molecule has 0 N–H and O–H groups in total. The molecule has 6 rings (SSSR count). The van der Waals surface area contributed by atoms with E-state index in [1.54, 1.807) is 36.4 Å². The number of methoxy groups -OCH3 is 4. The number of Topliss-reactive ketones (excluding diaryl/α,β-unsaturated/α-hetero) is 2. The van der Waals surface area contributed by atoms with Gasteiger partial charge in [0.25, 0.3) is 0 Å². The number of anilines is 1. The Bertz CT molecular complexity index is 1500. The number of para-hydroxylation sites is 1. The van der Waals surface area contributed by atoms with Gasteiger partial charge in [-0.15, -0.1) is 0 Å². The zero-order valence-corrected chi connectivity index (χ0v) is 22.0. The lowest BCUT2D eigenvalue weighted by molar-refractivity contribution is -0.142. The molecule has 1 saturated heterocycles. The van der Waals surface area contributed by atoms with Crippen LogP contribution in [0.1, 0.15) is 37.8 Å². The van der Waals surface area contributed by atoms with Gasteiger partial charge in [-0.2, -0.15) is 0 Å². The summed E-state index contributed by atoms with van der Waals surface area (Å²) in [5.74, 6) is -1.09. The van der Waals surface area contributed by atoms with Crippen LogP contribution in [0.4, 0.5) is 5.69 Å². The molecular formula is C31H27NO7. The molecule has 39 heavy (non-hydrogen) atoms. The second-order valence-electron chi connectivity index (χ2n) is 9.75. The second-order valence-corrected chi connectivity index (χ2v) is 9.75. The Morgan fingerprint density at radius 1 is 0.821 bits per heavy atom. The number of hydrogen-bond acceptors (Lipinski definition) is 8. The lowest BCUT2D eigenvalue weighted by Gasteiger charge is -2.36. The van der Waals surface area contributed by atoms with Crippen LogP contribution in [0.5, 0.6) is 17.2 Å². The lowest BCUT2D eigenvalue weighted by Crippen LogP contribution is -2.48. The average molecular weight is 526 g/mol. The summed E-state index contributed by atoms with van der Waals surface area (Å²) in [6, 6.07) is 16.1. The maximum Gasteiger partial charge on any atom is 0.329 e. The second kappa shape index (κ2) is 9.01. The van der Waals surface area contributed by atoms with Gasteiger partial charge in [0.05, 0.1) is 34.5 Å². The molecule has 2 aliphatic heterocycles. The molecule has 0 saturated carbocycles. The van der Waals surface area contributed by atoms with Crippen LogP contribution >= 0.6 is 0 Å². The summed E-state index contributed by atoms with van der Waals surface area (Å²) < 4.78 is 22.1. The zero-order chi connectivity index (χ0) is 27.5. The molecule has 8 nitrogen and oxygen atoms in total. The minimum atomic E-state index is -1.64. The number of carbonyl (C=O) groups excluding carboxylic acids is 3. The predicted molar refractivity (Wildman–Crippen MR) is 144 cm³/mol. The SMILES string of the molecule is COC(=O)[C@H]1[C@@H](c2cc(OC)c(OC)c(OC)c2)C2(C(=O)c3ccccc3C2=O)[C@@H]2C=Cc3ccccc3N21. The molecule has 1 spiro atoms. The van der Waals surface area contributed by atoms with Crippen LogP contribution < -0.4 is 19.1 Å². The summed E-state index contributed by atoms with van der Waals surface area (Å²) in [4.78, 5) is 44.7. The molecule has 0 bridgehead atoms. The van der Waals surface area contributed by atoms with Gasteiger partial charge in [-0.1, -0.05) is 54.6 Å². The van der Waals surface area contributed by atoms with Crippen molar-refractivity contribution < 1.29 is 33.3 Å². The molecule has 3 aromatic carbocycles. The maximum absolute atomic E-state index is 14.5. The molecule has 0 aromatic heterocycles. The van der Waals surface area contributed by atoms with Crippen molar-refractivity contribution in [3.05, 3.63) is 89.0 Å². The third-order valence-electron chi connectivity index (χ3n) is 8.20. The number of esters is 1. The van der Waals surface area contributed by atoms with E-state index in [-0.39, 0.29) is 11.6 Å². The van der Waals surface area contributed by atoms with Gasteiger partial charge in [0, 0.05) is 22.7 Å². The van der Waals surface area contributed by atoms with Crippen molar-refractivity contribution in [2.75, 3.05) is 33.3 Å². The van der Waals surface area contributed by atoms with Crippen molar-refractivity contribution in [2.24, 2.45) is 5.41 Å². The average Bonchev–Trinajstić information content (AvgIpc) is 3.42. The first-order chi connectivity index (χ1) is 18.9. The molecule has 1 fully saturated rings. The fourth-order valence-corrected chi connectivity index (χ4v) is 6.66. The third kappa shape index (κ3) is 3.14. The number of hydrogen-bond donors (Lipinski definition) is 0. The van der Waals surface area contributed by atoms with E-state index in [1.165, 1.54) is 28.4 Å². The summed E-state index contributed by atoms with van der Waals surface area (Å²) in [7, 11) is 5.80. The van der Waals surface area contributed by atoms with E-state index in [4.69, 9.17) is 18.9 Å². The van der Waals surface area contributed by atoms with E-state index < -0.39 is 29.4 Å². The normalized spacial score (nSPS) is 21.8. The Morgan fingerprint density at radius 2 is 1.41 bits per heavy atom. The standard InChI is InChI=1S/C31H27NO7/c1-36-22-15-18(16-23(37-2)27(22)38-3)25-26(30(35)39-4)32-21-12-8-5-9-17(21)13-14-24(32)31(25)28(33)19-10-6-7-11-20(19)29(31)34/h5-16,24-26H,1-4H3/t24-,25+,26+/m0/s1. The molecule has 1 aliphatic carbocycles. The van der Waals surface area contributed by atoms with Crippen molar-refractivity contribution in [3.63, 3.8) is 0 Å². The number of benzene rings is 3. The number of nitrogens with zero attached hydrogens (tertiary/aromatic N) is 1. The van der Waals surface area contributed by atoms with E-state index in [0.717, 1.165) is 11.3 Å². The first-order valence-corrected chi connectivity index (χ1v) is 12.6. The smallest absolute Gasteiger partial charge is 0.329 e. The molecule has 3 aromatic rings. The third-order valence-corrected chi connectivity index (χ3v) is 8.20. The van der Waals surface area contributed by atoms with Gasteiger partial charge in [-0.05, 0) is 29.3 Å². The lowest BCUT2D eigenvalue weighted by atomic mass is 9.64. The van der Waals surface area contributed by atoms with Crippen molar-refractivity contribution >= 4 is 29.3 Å². The number of rotatable bonds is 5. The minimum absolute atomic E-state index is 0.327. The van der Waals surface area contributed by atoms with Crippen LogP contribution in [-0.4, -0.2) is 58.1 Å². The summed E-state index contributed by atoms with van der Waals surface area (Å²) in [5, 5.41) is 0. The minimum Gasteiger partial charge on any atom is -0.493 e. The number of ketones is 2. The largest absolute Gasteiger partial charge is 0.493 e. The van der Waals surface area contributed by atoms with Crippen molar-refractivity contribution in [3.8, 4) is 17.2 Å². The van der Waals surface area contributed by atoms with E-state index in [9.17, 15) is 14.4 Å². The highest BCUT2D eigenvalue weighted by atomic mass is 16.5. The summed E-state index contributed by atoms with van der Waals surface area (Å²) >= 11 is 0. The molecule has 0 radical (unpaired) electrons. The van der Waals surface area contributed by atoms with Gasteiger partial charge >= 0.3 is 5.97 Å². The van der Waals surface area contributed by atoms with Crippen LogP contribution in [0.3, 0.4) is 0 Å². The van der Waals surface area contributed by atoms with Crippen LogP contribution in [0.15, 0.2) is 66.7 Å². The molecular weight excluding hydrogens is 498 g/mol. The monoisotopic (exact) mass is 525 g/mol. The van der Waals surface area contributed by atoms with Crippen molar-refractivity contribution in [1.82, 2.24) is 0 Å². The summed E-state index contributed by atoms with van der Waals surface area (Å²) in [5.41, 5.74) is 1.19. The van der Waals surface area contributed by atoms with Crippen molar-refractivity contribution in [2.45, 2.75) is 18.0 Å². The maximum atomic E-state index is 14.5. The Hall–Kier alpha value is -4.59. The number of carbonyl (C=O) groups is 3. The van der Waals surface area contributed by atoms with Crippen LogP contribution in [0.2, 0.25) is 0 Å². The summed E-state index contributed by atoms with van der Waals surface area (Å²) in [6.45, 7) is 0. The zero-order valence-electron chi connectivity index (χ0n) is 22.0. The van der Waals surface area contributed by atoms with Gasteiger partial charge in [0.1, 0.15) is 11.5 Å². The van der Waals surface area contributed by atoms with Gasteiger partial charge < -0.3 is 23.8 Å². The van der Waals surface area contributed by atoms with E-state index in [0.29, 0.717) is 33.9 Å². The van der Waals surface area contributed by atoms with E-state index >= 15 is 0 Å². The van der Waals surface area contributed by atoms with Crippen LogP contribution in [-0.2, 0) is 9.53 Å². The van der Waals surface area contributed by atoms with E-state index in [2.05, 4.69) is 0 Å². The number of ether oxygens (including phenoxy) is 4. The van der Waals surface area contributed by atoms with Gasteiger partial charge in [-0.25, -0.2) is 4.79 Å². The van der Waals surface area contributed by atoms with Gasteiger partial charge in [-0.3, -0.25) is 9.59 Å². The molecule has 198 valence electrons. The molecule has 0 amide bonds. The Balaban J connectivity index is 1.70. The molecule has 3 atom stereocenters. The highest BCUT2D eigenvalue weighted by Crippen LogP contribution is 2.61. The van der Waals surface area contributed by atoms with Crippen molar-refractivity contribution in [1.29, 1.82) is 0 Å². The van der Waals surface area contributed by atoms with Crippen LogP contribution in [0, 0.1) is 5.41 Å². The Kier molecular flexibility index (Phi) is 5.71. The molecule has 3 aliphatic rings. The Morgan fingerprint density at radius 3 is 1.97 bits per heavy atom. The predicted octanol–water partition coefficient (Wildman–Crippen LogP) is 4.32. The quantitative estimate of drug-likeness (QED) is 0.359. The number of fused-ring (bicyclic) bond motifs is 5. The summed E-state index contributed by atoms with van der Waals surface area (Å²) in [6.07, 6.45) is 3.77. The topological polar surface area (TPSA) is 91.4 Å². The highest BCUT2D eigenvalue weighted by molar-refractivity contribution is 6.32.